The van der Waals surface area contributed by atoms with Crippen molar-refractivity contribution >= 4 is 43.2 Å². The molecule has 0 spiro atoms. The largest absolute Gasteiger partial charge is 0.247 e. The molecule has 3 heteroatoms. The van der Waals surface area contributed by atoms with Gasteiger partial charge in [0, 0.05) is 38.4 Å². The molecule has 0 aliphatic carbocycles. The van der Waals surface area contributed by atoms with Crippen molar-refractivity contribution in [3.63, 3.8) is 0 Å². The Hall–Kier alpha value is -8.53. The molecule has 3 nitrogen and oxygen atoms in total. The van der Waals surface area contributed by atoms with Gasteiger partial charge in [0.2, 0.25) is 0 Å². The molecule has 0 aliphatic heterocycles. The lowest BCUT2D eigenvalue weighted by Crippen LogP contribution is -1.97. The maximum absolute atomic E-state index is 5.44. The zero-order valence-corrected chi connectivity index (χ0v) is 34.9. The van der Waals surface area contributed by atoms with Crippen LogP contribution in [-0.4, -0.2) is 15.0 Å². The van der Waals surface area contributed by atoms with Crippen molar-refractivity contribution < 1.29 is 0 Å². The van der Waals surface area contributed by atoms with Crippen LogP contribution in [0.25, 0.3) is 122 Å². The van der Waals surface area contributed by atoms with E-state index >= 15 is 0 Å². The van der Waals surface area contributed by atoms with Gasteiger partial charge >= 0.3 is 0 Å². The van der Waals surface area contributed by atoms with Gasteiger partial charge in [-0.3, -0.25) is 0 Å². The quantitative estimate of drug-likeness (QED) is 0.150. The predicted molar refractivity (Wildman–Crippen MR) is 268 cm³/mol. The topological polar surface area (TPSA) is 38.7 Å². The van der Waals surface area contributed by atoms with Crippen LogP contribution in [0.3, 0.4) is 0 Å². The first-order valence-corrected chi connectivity index (χ1v) is 21.8. The Morgan fingerprint density at radius 3 is 1.16 bits per heavy atom. The van der Waals surface area contributed by atoms with E-state index in [0.717, 1.165) is 83.6 Å². The minimum atomic E-state index is 0.678. The Labute approximate surface area is 371 Å². The summed E-state index contributed by atoms with van der Waals surface area (Å²) in [4.78, 5) is 16.0. The number of fused-ring (bicyclic) bond motifs is 8. The maximum Gasteiger partial charge on any atom is 0.160 e. The van der Waals surface area contributed by atoms with Crippen LogP contribution in [0.5, 0.6) is 0 Å². The van der Waals surface area contributed by atoms with Crippen LogP contribution in [0.15, 0.2) is 237 Å². The van der Waals surface area contributed by atoms with E-state index in [1.807, 2.05) is 6.07 Å². The number of pyridine rings is 1. The normalized spacial score (nSPS) is 11.4. The molecule has 0 N–H and O–H groups in total. The van der Waals surface area contributed by atoms with Crippen molar-refractivity contribution in [2.75, 3.05) is 0 Å². The fourth-order valence-electron chi connectivity index (χ4n) is 9.37. The number of benzene rings is 10. The van der Waals surface area contributed by atoms with Crippen LogP contribution in [0.1, 0.15) is 0 Å². The molecule has 0 radical (unpaired) electrons. The first kappa shape index (κ1) is 37.2. The molecule has 2 aromatic heterocycles. The van der Waals surface area contributed by atoms with Crippen LogP contribution >= 0.6 is 0 Å². The Balaban J connectivity index is 1.01. The average Bonchev–Trinajstić information content (AvgIpc) is 3.39. The molecule has 0 atom stereocenters. The molecular formula is C61H39N3. The molecule has 0 saturated heterocycles. The summed E-state index contributed by atoms with van der Waals surface area (Å²) < 4.78 is 0. The van der Waals surface area contributed by atoms with Crippen LogP contribution in [0.4, 0.5) is 0 Å². The maximum atomic E-state index is 5.44. The van der Waals surface area contributed by atoms with Crippen molar-refractivity contribution in [1.82, 2.24) is 15.0 Å². The van der Waals surface area contributed by atoms with E-state index in [1.165, 1.54) is 32.3 Å². The van der Waals surface area contributed by atoms with E-state index in [9.17, 15) is 0 Å². The predicted octanol–water partition coefficient (Wildman–Crippen LogP) is 16.2. The Morgan fingerprint density at radius 1 is 0.219 bits per heavy atom. The van der Waals surface area contributed by atoms with Gasteiger partial charge in [-0.15, -0.1) is 0 Å². The highest BCUT2D eigenvalue weighted by Crippen LogP contribution is 2.43. The number of aromatic nitrogens is 3. The molecule has 0 aliphatic rings. The van der Waals surface area contributed by atoms with Crippen molar-refractivity contribution in [2.24, 2.45) is 0 Å². The molecule has 12 aromatic rings. The molecule has 12 rings (SSSR count). The van der Waals surface area contributed by atoms with E-state index in [1.54, 1.807) is 0 Å². The first-order chi connectivity index (χ1) is 31.7. The minimum absolute atomic E-state index is 0.678. The summed E-state index contributed by atoms with van der Waals surface area (Å²) in [5.74, 6) is 0.678. The van der Waals surface area contributed by atoms with Gasteiger partial charge in [0.15, 0.2) is 5.82 Å². The molecule has 10 aromatic carbocycles. The number of hydrogen-bond acceptors (Lipinski definition) is 3. The number of para-hydroxylation sites is 1. The summed E-state index contributed by atoms with van der Waals surface area (Å²) in [5, 5.41) is 8.50. The Kier molecular flexibility index (Phi) is 9.16. The molecule has 0 bridgehead atoms. The third-order valence-electron chi connectivity index (χ3n) is 12.4. The molecule has 2 heterocycles. The SMILES string of the molecule is c1ccc(-c2cccc(-c3cc(-c4cccc(-c5cccc(-c6nc7ccccc7c7c8ccccc8c8ccccc8c67)c5)c4)nc(-c4cccc(-c5ccccc5)c4)n3)c2)cc1. The second-order valence-electron chi connectivity index (χ2n) is 16.3. The monoisotopic (exact) mass is 813 g/mol. The summed E-state index contributed by atoms with van der Waals surface area (Å²) in [5.41, 5.74) is 14.5. The number of rotatable bonds is 7. The summed E-state index contributed by atoms with van der Waals surface area (Å²) >= 11 is 0. The van der Waals surface area contributed by atoms with Crippen molar-refractivity contribution in [3.05, 3.63) is 237 Å². The highest BCUT2D eigenvalue weighted by molar-refractivity contribution is 6.33. The fourth-order valence-corrected chi connectivity index (χ4v) is 9.37. The summed E-state index contributed by atoms with van der Waals surface area (Å²) in [6.45, 7) is 0. The molecule has 0 saturated carbocycles. The number of hydrogen-bond donors (Lipinski definition) is 0. The lowest BCUT2D eigenvalue weighted by atomic mass is 9.89. The Bertz CT molecular complexity index is 3620. The van der Waals surface area contributed by atoms with Gasteiger partial charge in [0.25, 0.3) is 0 Å². The van der Waals surface area contributed by atoms with Gasteiger partial charge in [-0.05, 0) is 91.3 Å². The van der Waals surface area contributed by atoms with E-state index in [-0.39, 0.29) is 0 Å². The summed E-state index contributed by atoms with van der Waals surface area (Å²) in [7, 11) is 0. The van der Waals surface area contributed by atoms with Gasteiger partial charge in [-0.25, -0.2) is 15.0 Å². The average molecular weight is 814 g/mol. The lowest BCUT2D eigenvalue weighted by molar-refractivity contribution is 1.18. The van der Waals surface area contributed by atoms with Gasteiger partial charge in [0.1, 0.15) is 0 Å². The minimum Gasteiger partial charge on any atom is -0.247 e. The van der Waals surface area contributed by atoms with E-state index in [2.05, 4.69) is 231 Å². The van der Waals surface area contributed by atoms with Crippen LogP contribution in [-0.2, 0) is 0 Å². The van der Waals surface area contributed by atoms with Gasteiger partial charge in [-0.2, -0.15) is 0 Å². The standard InChI is InChI=1S/C61H39N3/c1-3-17-40(18-4-1)42-21-13-25-46(35-42)56-39-57(64-61(63-56)49-28-16-22-43(38-49)41-19-5-2-6-20-41)47-26-14-23-44(36-47)45-24-15-27-48(37-45)60-59-53-32-10-8-30-51(53)50-29-7-9-31-52(50)58(59)54-33-11-12-34-55(54)62-60/h1-39H. The lowest BCUT2D eigenvalue weighted by Gasteiger charge is -2.16. The molecule has 0 amide bonds. The van der Waals surface area contributed by atoms with Crippen LogP contribution in [0.2, 0.25) is 0 Å². The third kappa shape index (κ3) is 6.68. The Morgan fingerprint density at radius 2 is 0.594 bits per heavy atom. The van der Waals surface area contributed by atoms with Gasteiger partial charge < -0.3 is 0 Å². The second kappa shape index (κ2) is 15.7. The van der Waals surface area contributed by atoms with Gasteiger partial charge in [0.05, 0.1) is 22.6 Å². The third-order valence-corrected chi connectivity index (χ3v) is 12.4. The summed E-state index contributed by atoms with van der Waals surface area (Å²) in [6.07, 6.45) is 0. The van der Waals surface area contributed by atoms with Crippen LogP contribution < -0.4 is 0 Å². The number of nitrogens with zero attached hydrogens (tertiary/aromatic N) is 3. The molecule has 0 fully saturated rings. The second-order valence-corrected chi connectivity index (χ2v) is 16.3. The fraction of sp³-hybridized carbons (Fsp3) is 0. The van der Waals surface area contributed by atoms with Crippen molar-refractivity contribution in [3.8, 4) is 78.5 Å². The summed E-state index contributed by atoms with van der Waals surface area (Å²) in [6, 6.07) is 83.9. The molecule has 298 valence electrons. The zero-order valence-electron chi connectivity index (χ0n) is 34.9. The van der Waals surface area contributed by atoms with E-state index in [0.29, 0.717) is 5.82 Å². The highest BCUT2D eigenvalue weighted by atomic mass is 14.9. The molecule has 64 heavy (non-hydrogen) atoms. The highest BCUT2D eigenvalue weighted by Gasteiger charge is 2.19. The zero-order chi connectivity index (χ0) is 42.4. The van der Waals surface area contributed by atoms with Crippen LogP contribution in [0, 0.1) is 0 Å². The van der Waals surface area contributed by atoms with E-state index < -0.39 is 0 Å². The smallest absolute Gasteiger partial charge is 0.160 e. The first-order valence-electron chi connectivity index (χ1n) is 21.8. The van der Waals surface area contributed by atoms with E-state index in [4.69, 9.17) is 15.0 Å². The van der Waals surface area contributed by atoms with Gasteiger partial charge in [-0.1, -0.05) is 200 Å². The van der Waals surface area contributed by atoms with Crippen molar-refractivity contribution in [2.45, 2.75) is 0 Å². The van der Waals surface area contributed by atoms with Crippen molar-refractivity contribution in [1.29, 1.82) is 0 Å². The molecular weight excluding hydrogens is 775 g/mol. The molecule has 0 unspecified atom stereocenters.